The van der Waals surface area contributed by atoms with Crippen LogP contribution in [0.1, 0.15) is 45.5 Å². The number of hydrogen-bond donors (Lipinski definition) is 0. The molecule has 0 atom stereocenters. The lowest BCUT2D eigenvalue weighted by atomic mass is 10.1. The highest BCUT2D eigenvalue weighted by Crippen LogP contribution is 2.20. The lowest BCUT2D eigenvalue weighted by Crippen LogP contribution is -2.14. The minimum Gasteiger partial charge on any atom is -0.454 e. The molecule has 128 valence electrons. The van der Waals surface area contributed by atoms with Crippen molar-refractivity contribution in [2.75, 3.05) is 6.61 Å². The van der Waals surface area contributed by atoms with E-state index in [-0.39, 0.29) is 12.4 Å². The van der Waals surface area contributed by atoms with Crippen molar-refractivity contribution in [3.63, 3.8) is 0 Å². The van der Waals surface area contributed by atoms with E-state index in [9.17, 15) is 9.59 Å². The summed E-state index contributed by atoms with van der Waals surface area (Å²) < 4.78 is 5.27. The normalized spacial score (nSPS) is 10.8. The zero-order valence-corrected chi connectivity index (χ0v) is 14.8. The Balaban J connectivity index is 1.82. The minimum atomic E-state index is -0.485. The van der Waals surface area contributed by atoms with Crippen molar-refractivity contribution in [2.45, 2.75) is 26.2 Å². The SMILES string of the molecule is CCCCc1cc(C(=O)OCC(=O)c2cccs2)c2ccccc2n1. The Morgan fingerprint density at radius 2 is 2.00 bits per heavy atom. The van der Waals surface area contributed by atoms with Crippen LogP contribution < -0.4 is 0 Å². The predicted octanol–water partition coefficient (Wildman–Crippen LogP) is 4.68. The minimum absolute atomic E-state index is 0.187. The fraction of sp³-hybridized carbons (Fsp3) is 0.250. The zero-order valence-electron chi connectivity index (χ0n) is 14.0. The second-order valence-electron chi connectivity index (χ2n) is 5.76. The third-order valence-corrected chi connectivity index (χ3v) is 4.82. The van der Waals surface area contributed by atoms with Crippen LogP contribution in [-0.4, -0.2) is 23.3 Å². The predicted molar refractivity (Wildman–Crippen MR) is 99.3 cm³/mol. The van der Waals surface area contributed by atoms with Gasteiger partial charge >= 0.3 is 5.97 Å². The van der Waals surface area contributed by atoms with Crippen molar-refractivity contribution in [1.82, 2.24) is 4.98 Å². The molecule has 0 aliphatic carbocycles. The monoisotopic (exact) mass is 353 g/mol. The number of ketones is 1. The first kappa shape index (κ1) is 17.3. The lowest BCUT2D eigenvalue weighted by Gasteiger charge is -2.09. The number of nitrogens with zero attached hydrogens (tertiary/aromatic N) is 1. The second kappa shape index (κ2) is 8.03. The van der Waals surface area contributed by atoms with Gasteiger partial charge in [-0.15, -0.1) is 11.3 Å². The van der Waals surface area contributed by atoms with E-state index in [0.717, 1.165) is 35.9 Å². The molecule has 0 spiro atoms. The summed E-state index contributed by atoms with van der Waals surface area (Å²) in [6, 6.07) is 12.8. The van der Waals surface area contributed by atoms with Crippen LogP contribution in [0.5, 0.6) is 0 Å². The Morgan fingerprint density at radius 1 is 1.16 bits per heavy atom. The summed E-state index contributed by atoms with van der Waals surface area (Å²) in [5, 5.41) is 2.57. The topological polar surface area (TPSA) is 56.3 Å². The average Bonchev–Trinajstić information content (AvgIpc) is 3.18. The van der Waals surface area contributed by atoms with Gasteiger partial charge in [0.25, 0.3) is 0 Å². The number of Topliss-reactive ketones (excluding diaryl/α,β-unsaturated/α-hetero) is 1. The highest BCUT2D eigenvalue weighted by molar-refractivity contribution is 7.12. The number of fused-ring (bicyclic) bond motifs is 1. The molecule has 4 nitrogen and oxygen atoms in total. The highest BCUT2D eigenvalue weighted by Gasteiger charge is 2.16. The fourth-order valence-corrected chi connectivity index (χ4v) is 3.25. The molecule has 0 saturated carbocycles. The summed E-state index contributed by atoms with van der Waals surface area (Å²) in [5.74, 6) is -0.672. The molecular formula is C20H19NO3S. The first-order valence-corrected chi connectivity index (χ1v) is 9.19. The fourth-order valence-electron chi connectivity index (χ4n) is 2.60. The number of hydrogen-bond acceptors (Lipinski definition) is 5. The van der Waals surface area contributed by atoms with E-state index in [2.05, 4.69) is 11.9 Å². The van der Waals surface area contributed by atoms with E-state index in [1.54, 1.807) is 18.2 Å². The van der Waals surface area contributed by atoms with E-state index in [0.29, 0.717) is 10.4 Å². The van der Waals surface area contributed by atoms with Gasteiger partial charge in [-0.2, -0.15) is 0 Å². The molecule has 0 aliphatic rings. The van der Waals surface area contributed by atoms with Crippen molar-refractivity contribution in [3.8, 4) is 0 Å². The standard InChI is InChI=1S/C20H19NO3S/c1-2-3-7-14-12-16(15-8-4-5-9-17(15)21-14)20(23)24-13-18(22)19-10-6-11-25-19/h4-6,8-12H,2-3,7,13H2,1H3. The first-order chi connectivity index (χ1) is 12.2. The van der Waals surface area contributed by atoms with Gasteiger partial charge in [0, 0.05) is 11.1 Å². The molecule has 0 saturated heterocycles. The number of pyridine rings is 1. The van der Waals surface area contributed by atoms with Crippen molar-refractivity contribution in [2.24, 2.45) is 0 Å². The Hall–Kier alpha value is -2.53. The van der Waals surface area contributed by atoms with Gasteiger partial charge in [-0.1, -0.05) is 37.6 Å². The zero-order chi connectivity index (χ0) is 17.6. The van der Waals surface area contributed by atoms with Gasteiger partial charge in [-0.05, 0) is 36.4 Å². The molecule has 0 N–H and O–H groups in total. The lowest BCUT2D eigenvalue weighted by molar-refractivity contribution is 0.0477. The Labute approximate surface area is 150 Å². The van der Waals surface area contributed by atoms with Crippen LogP contribution in [0.15, 0.2) is 47.8 Å². The summed E-state index contributed by atoms with van der Waals surface area (Å²) in [6.07, 6.45) is 2.88. The summed E-state index contributed by atoms with van der Waals surface area (Å²) >= 11 is 1.34. The third-order valence-electron chi connectivity index (χ3n) is 3.91. The van der Waals surface area contributed by atoms with Gasteiger partial charge in [0.15, 0.2) is 6.61 Å². The second-order valence-corrected chi connectivity index (χ2v) is 6.71. The smallest absolute Gasteiger partial charge is 0.339 e. The number of esters is 1. The largest absolute Gasteiger partial charge is 0.454 e. The van der Waals surface area contributed by atoms with Gasteiger partial charge < -0.3 is 4.74 Å². The van der Waals surface area contributed by atoms with Crippen molar-refractivity contribution >= 4 is 34.0 Å². The summed E-state index contributed by atoms with van der Waals surface area (Å²) in [4.78, 5) is 29.8. The molecule has 2 aromatic heterocycles. The van der Waals surface area contributed by atoms with Gasteiger partial charge in [0.1, 0.15) is 0 Å². The van der Waals surface area contributed by atoms with Crippen LogP contribution in [0.25, 0.3) is 10.9 Å². The number of aromatic nitrogens is 1. The van der Waals surface area contributed by atoms with Crippen molar-refractivity contribution < 1.29 is 14.3 Å². The van der Waals surface area contributed by atoms with Crippen LogP contribution in [-0.2, 0) is 11.2 Å². The maximum absolute atomic E-state index is 12.6. The number of carbonyl (C=O) groups is 2. The summed E-state index contributed by atoms with van der Waals surface area (Å²) in [5.41, 5.74) is 2.11. The Bertz CT molecular complexity index is 887. The van der Waals surface area contributed by atoms with Crippen molar-refractivity contribution in [3.05, 3.63) is 64.0 Å². The third kappa shape index (κ3) is 4.12. The Morgan fingerprint density at radius 3 is 2.76 bits per heavy atom. The number of ether oxygens (including phenoxy) is 1. The summed E-state index contributed by atoms with van der Waals surface area (Å²) in [6.45, 7) is 1.87. The molecule has 0 bridgehead atoms. The molecule has 0 aliphatic heterocycles. The van der Waals surface area contributed by atoms with Gasteiger partial charge in [0.05, 0.1) is 16.0 Å². The molecule has 25 heavy (non-hydrogen) atoms. The molecule has 3 rings (SSSR count). The maximum atomic E-state index is 12.6. The van der Waals surface area contributed by atoms with Gasteiger partial charge in [-0.25, -0.2) is 4.79 Å². The molecule has 0 unspecified atom stereocenters. The number of thiophene rings is 1. The van der Waals surface area contributed by atoms with Crippen LogP contribution in [0.2, 0.25) is 0 Å². The molecule has 0 fully saturated rings. The number of rotatable bonds is 7. The molecule has 3 aromatic rings. The van der Waals surface area contributed by atoms with Gasteiger partial charge in [0.2, 0.25) is 5.78 Å². The Kier molecular flexibility index (Phi) is 5.56. The maximum Gasteiger partial charge on any atom is 0.339 e. The molecular weight excluding hydrogens is 334 g/mol. The molecule has 5 heteroatoms. The number of unbranched alkanes of at least 4 members (excludes halogenated alkanes) is 1. The van der Waals surface area contributed by atoms with Crippen molar-refractivity contribution in [1.29, 1.82) is 0 Å². The average molecular weight is 353 g/mol. The van der Waals surface area contributed by atoms with Gasteiger partial charge in [-0.3, -0.25) is 9.78 Å². The van der Waals surface area contributed by atoms with E-state index in [1.165, 1.54) is 11.3 Å². The van der Waals surface area contributed by atoms with Crippen LogP contribution in [0.3, 0.4) is 0 Å². The van der Waals surface area contributed by atoms with E-state index in [4.69, 9.17) is 4.74 Å². The number of aryl methyl sites for hydroxylation is 1. The van der Waals surface area contributed by atoms with E-state index < -0.39 is 5.97 Å². The highest BCUT2D eigenvalue weighted by atomic mass is 32.1. The molecule has 1 aromatic carbocycles. The van der Waals surface area contributed by atoms with E-state index in [1.807, 2.05) is 29.6 Å². The van der Waals surface area contributed by atoms with E-state index >= 15 is 0 Å². The number of benzene rings is 1. The molecule has 0 amide bonds. The van der Waals surface area contributed by atoms with Crippen LogP contribution >= 0.6 is 11.3 Å². The number of carbonyl (C=O) groups excluding carboxylic acids is 2. The number of para-hydroxylation sites is 1. The summed E-state index contributed by atoms with van der Waals surface area (Å²) in [7, 11) is 0. The molecule has 2 heterocycles. The quantitative estimate of drug-likeness (QED) is 0.457. The molecule has 0 radical (unpaired) electrons. The van der Waals surface area contributed by atoms with Crippen LogP contribution in [0.4, 0.5) is 0 Å². The van der Waals surface area contributed by atoms with Crippen LogP contribution in [0, 0.1) is 0 Å². The first-order valence-electron chi connectivity index (χ1n) is 8.31.